The Hall–Kier alpha value is -0.240. The van der Waals surface area contributed by atoms with Crippen molar-refractivity contribution in [1.29, 1.82) is 0 Å². The molecule has 3 unspecified atom stereocenters. The molecule has 0 aliphatic carbocycles. The number of ether oxygens (including phenoxy) is 2. The lowest BCUT2D eigenvalue weighted by molar-refractivity contribution is -0.290. The summed E-state index contributed by atoms with van der Waals surface area (Å²) in [7, 11) is 0. The third kappa shape index (κ3) is 4.51. The highest BCUT2D eigenvalue weighted by molar-refractivity contribution is 5.00. The fourth-order valence-corrected chi connectivity index (χ4v) is 4.81. The minimum absolute atomic E-state index is 0.0470. The monoisotopic (exact) mass is 386 g/mol. The van der Waals surface area contributed by atoms with E-state index in [1.54, 1.807) is 0 Å². The first kappa shape index (κ1) is 23.0. The van der Waals surface area contributed by atoms with Gasteiger partial charge in [0.25, 0.3) is 0 Å². The maximum Gasteiger partial charge on any atom is 0.0785 e. The Balaban J connectivity index is 1.92. The molecule has 2 fully saturated rings. The summed E-state index contributed by atoms with van der Waals surface area (Å²) in [5.41, 5.74) is -1.38. The normalized spacial score (nSPS) is 34.3. The summed E-state index contributed by atoms with van der Waals surface area (Å²) in [6.45, 7) is 18.9. The van der Waals surface area contributed by atoms with Gasteiger partial charge in [-0.1, -0.05) is 0 Å². The zero-order chi connectivity index (χ0) is 20.8. The fourth-order valence-electron chi connectivity index (χ4n) is 4.81. The predicted molar refractivity (Wildman–Crippen MR) is 106 cm³/mol. The van der Waals surface area contributed by atoms with Gasteiger partial charge in [0.15, 0.2) is 0 Å². The van der Waals surface area contributed by atoms with E-state index in [9.17, 15) is 10.4 Å². The van der Waals surface area contributed by atoms with Gasteiger partial charge in [-0.2, -0.15) is 10.1 Å². The van der Waals surface area contributed by atoms with E-state index in [-0.39, 0.29) is 29.4 Å². The molecular weight excluding hydrogens is 344 g/mol. The zero-order valence-electron chi connectivity index (χ0n) is 18.9. The van der Waals surface area contributed by atoms with Crippen molar-refractivity contribution in [1.82, 2.24) is 10.1 Å². The quantitative estimate of drug-likeness (QED) is 0.737. The highest BCUT2D eigenvalue weighted by atomic mass is 16.6. The molecule has 27 heavy (non-hydrogen) atoms. The summed E-state index contributed by atoms with van der Waals surface area (Å²) in [4.78, 5) is 0. The van der Waals surface area contributed by atoms with Crippen molar-refractivity contribution in [3.05, 3.63) is 0 Å². The molecule has 0 saturated carbocycles. The van der Waals surface area contributed by atoms with Crippen LogP contribution in [0.4, 0.5) is 0 Å². The van der Waals surface area contributed by atoms with Gasteiger partial charge in [0.1, 0.15) is 0 Å². The molecule has 0 spiro atoms. The number of rotatable bonds is 5. The highest BCUT2D eigenvalue weighted by Gasteiger charge is 2.49. The van der Waals surface area contributed by atoms with Gasteiger partial charge in [0.2, 0.25) is 0 Å². The SMILES string of the molecule is CC(COC1CCC(C)(C)N(O)C1(C)C)OC1CCC(C)(C)N(O)C1(C)C. The van der Waals surface area contributed by atoms with Gasteiger partial charge < -0.3 is 19.9 Å². The minimum atomic E-state index is -0.452. The third-order valence-corrected chi connectivity index (χ3v) is 6.78. The van der Waals surface area contributed by atoms with Crippen molar-refractivity contribution in [2.45, 2.75) is 128 Å². The van der Waals surface area contributed by atoms with Gasteiger partial charge in [-0.25, -0.2) is 0 Å². The molecule has 6 heteroatoms. The van der Waals surface area contributed by atoms with Crippen molar-refractivity contribution < 1.29 is 19.9 Å². The molecule has 160 valence electrons. The van der Waals surface area contributed by atoms with Crippen LogP contribution in [-0.2, 0) is 9.47 Å². The molecule has 3 atom stereocenters. The maximum absolute atomic E-state index is 10.6. The Bertz CT molecular complexity index is 518. The van der Waals surface area contributed by atoms with E-state index in [4.69, 9.17) is 9.47 Å². The van der Waals surface area contributed by atoms with Crippen LogP contribution in [0.3, 0.4) is 0 Å². The van der Waals surface area contributed by atoms with E-state index < -0.39 is 11.1 Å². The highest BCUT2D eigenvalue weighted by Crippen LogP contribution is 2.40. The summed E-state index contributed by atoms with van der Waals surface area (Å²) < 4.78 is 12.5. The molecule has 2 heterocycles. The van der Waals surface area contributed by atoms with Crippen LogP contribution < -0.4 is 0 Å². The lowest BCUT2D eigenvalue weighted by Gasteiger charge is -2.53. The van der Waals surface area contributed by atoms with Gasteiger partial charge in [0, 0.05) is 11.1 Å². The molecule has 2 N–H and O–H groups in total. The van der Waals surface area contributed by atoms with Crippen molar-refractivity contribution in [2.75, 3.05) is 6.61 Å². The summed E-state index contributed by atoms with van der Waals surface area (Å²) >= 11 is 0. The van der Waals surface area contributed by atoms with E-state index >= 15 is 0 Å². The van der Waals surface area contributed by atoms with E-state index in [1.165, 1.54) is 10.1 Å². The van der Waals surface area contributed by atoms with Crippen molar-refractivity contribution in [3.8, 4) is 0 Å². The largest absolute Gasteiger partial charge is 0.374 e. The number of piperidine rings is 2. The van der Waals surface area contributed by atoms with Crippen LogP contribution in [0, 0.1) is 0 Å². The molecule has 0 amide bonds. The summed E-state index contributed by atoms with van der Waals surface area (Å²) in [5.74, 6) is 0. The smallest absolute Gasteiger partial charge is 0.0785 e. The lowest BCUT2D eigenvalue weighted by atomic mass is 9.79. The number of hydroxylamine groups is 4. The van der Waals surface area contributed by atoms with Crippen LogP contribution in [0.2, 0.25) is 0 Å². The molecule has 6 nitrogen and oxygen atoms in total. The molecule has 2 aliphatic heterocycles. The van der Waals surface area contributed by atoms with Gasteiger partial charge in [0.05, 0.1) is 36.0 Å². The first-order chi connectivity index (χ1) is 12.1. The van der Waals surface area contributed by atoms with Crippen molar-refractivity contribution in [3.63, 3.8) is 0 Å². The minimum Gasteiger partial charge on any atom is -0.374 e. The molecule has 0 radical (unpaired) electrons. The third-order valence-electron chi connectivity index (χ3n) is 6.78. The average molecular weight is 387 g/mol. The van der Waals surface area contributed by atoms with E-state index in [2.05, 4.69) is 27.7 Å². The van der Waals surface area contributed by atoms with Crippen LogP contribution in [0.25, 0.3) is 0 Å². The second-order valence-electron chi connectivity index (χ2n) is 10.9. The van der Waals surface area contributed by atoms with Crippen LogP contribution in [-0.4, -0.2) is 67.6 Å². The van der Waals surface area contributed by atoms with Gasteiger partial charge >= 0.3 is 0 Å². The van der Waals surface area contributed by atoms with Crippen LogP contribution >= 0.6 is 0 Å². The molecule has 0 aromatic carbocycles. The van der Waals surface area contributed by atoms with Crippen LogP contribution in [0.1, 0.15) is 88.0 Å². The Labute approximate surface area is 165 Å². The van der Waals surface area contributed by atoms with E-state index in [1.807, 2.05) is 34.6 Å². The second-order valence-corrected chi connectivity index (χ2v) is 10.9. The second kappa shape index (κ2) is 7.54. The van der Waals surface area contributed by atoms with E-state index in [0.29, 0.717) is 6.61 Å². The molecular formula is C21H42N2O4. The number of nitrogens with zero attached hydrogens (tertiary/aromatic N) is 2. The van der Waals surface area contributed by atoms with Crippen LogP contribution in [0.5, 0.6) is 0 Å². The van der Waals surface area contributed by atoms with Gasteiger partial charge in [-0.3, -0.25) is 0 Å². The van der Waals surface area contributed by atoms with Gasteiger partial charge in [-0.15, -0.1) is 0 Å². The lowest BCUT2D eigenvalue weighted by Crippen LogP contribution is -2.64. The Morgan fingerprint density at radius 2 is 1.22 bits per heavy atom. The molecule has 0 bridgehead atoms. The summed E-state index contributed by atoms with van der Waals surface area (Å²) in [6, 6.07) is 0. The standard InChI is InChI=1S/C21H42N2O4/c1-15(27-17-11-13-19(4,5)23(25)21(17,8)9)14-26-16-10-12-18(2,3)22(24)20(16,6)7/h15-17,24-25H,10-14H2,1-9H3. The number of hydrogen-bond donors (Lipinski definition) is 2. The predicted octanol–water partition coefficient (Wildman–Crippen LogP) is 4.23. The summed E-state index contributed by atoms with van der Waals surface area (Å²) in [6.07, 6.45) is 3.41. The van der Waals surface area contributed by atoms with Crippen molar-refractivity contribution >= 4 is 0 Å². The maximum atomic E-state index is 10.6. The van der Waals surface area contributed by atoms with Crippen molar-refractivity contribution in [2.24, 2.45) is 0 Å². The molecule has 2 saturated heterocycles. The first-order valence-corrected chi connectivity index (χ1v) is 10.4. The molecule has 0 aromatic rings. The molecule has 0 aromatic heterocycles. The topological polar surface area (TPSA) is 65.4 Å². The van der Waals surface area contributed by atoms with Crippen LogP contribution in [0.15, 0.2) is 0 Å². The molecule has 2 rings (SSSR count). The Morgan fingerprint density at radius 1 is 0.815 bits per heavy atom. The first-order valence-electron chi connectivity index (χ1n) is 10.4. The average Bonchev–Trinajstić information content (AvgIpc) is 2.54. The Kier molecular flexibility index (Phi) is 6.44. The fraction of sp³-hybridized carbons (Fsp3) is 1.00. The number of hydrogen-bond acceptors (Lipinski definition) is 6. The Morgan fingerprint density at radius 3 is 1.70 bits per heavy atom. The summed E-state index contributed by atoms with van der Waals surface area (Å²) in [5, 5.41) is 24.1. The zero-order valence-corrected chi connectivity index (χ0v) is 18.9. The van der Waals surface area contributed by atoms with E-state index in [0.717, 1.165) is 25.7 Å². The van der Waals surface area contributed by atoms with Gasteiger partial charge in [-0.05, 0) is 88.0 Å². The molecule has 2 aliphatic rings.